The normalized spacial score (nSPS) is 20.0. The summed E-state index contributed by atoms with van der Waals surface area (Å²) in [6.45, 7) is -0.0647. The summed E-state index contributed by atoms with van der Waals surface area (Å²) in [5.41, 5.74) is 1.96. The second kappa shape index (κ2) is 3.61. The van der Waals surface area contributed by atoms with Crippen molar-refractivity contribution in [3.8, 4) is 0 Å². The smallest absolute Gasteiger partial charge is 0.181 e. The van der Waals surface area contributed by atoms with E-state index in [0.717, 1.165) is 11.1 Å². The van der Waals surface area contributed by atoms with Crippen molar-refractivity contribution in [1.82, 2.24) is 19.9 Å². The number of aromatic nitrogens is 4. The first-order valence-electron chi connectivity index (χ1n) is 5.36. The van der Waals surface area contributed by atoms with Crippen LogP contribution in [0.15, 0.2) is 18.1 Å². The average Bonchev–Trinajstić information content (AvgIpc) is 2.89. The zero-order valence-electron chi connectivity index (χ0n) is 9.09. The summed E-state index contributed by atoms with van der Waals surface area (Å²) in [4.78, 5) is 15.3. The number of imidazole rings is 1. The number of aliphatic hydroxyl groups is 2. The maximum Gasteiger partial charge on any atom is 0.181 e. The molecule has 0 spiro atoms. The first-order chi connectivity index (χ1) is 8.27. The van der Waals surface area contributed by atoms with Crippen molar-refractivity contribution in [2.75, 3.05) is 13.2 Å². The van der Waals surface area contributed by atoms with Gasteiger partial charge in [-0.25, -0.2) is 15.0 Å². The number of H-pyrrole nitrogens is 1. The number of hydrogen-bond donors (Lipinski definition) is 3. The fourth-order valence-electron chi connectivity index (χ4n) is 1.90. The molecule has 2 aromatic rings. The zero-order valence-corrected chi connectivity index (χ0v) is 9.09. The molecule has 0 bridgehead atoms. The van der Waals surface area contributed by atoms with E-state index in [0.29, 0.717) is 17.9 Å². The summed E-state index contributed by atoms with van der Waals surface area (Å²) in [6.07, 6.45) is 5.68. The minimum Gasteiger partial charge on any atom is -0.395 e. The Morgan fingerprint density at radius 1 is 1.41 bits per heavy atom. The van der Waals surface area contributed by atoms with E-state index < -0.39 is 5.41 Å². The van der Waals surface area contributed by atoms with Crippen LogP contribution in [0.2, 0.25) is 0 Å². The van der Waals surface area contributed by atoms with Crippen molar-refractivity contribution in [2.24, 2.45) is 5.41 Å². The third-order valence-electron chi connectivity index (χ3n) is 3.18. The van der Waals surface area contributed by atoms with Gasteiger partial charge in [0.15, 0.2) is 5.65 Å². The Bertz CT molecular complexity index is 553. The van der Waals surface area contributed by atoms with E-state index in [-0.39, 0.29) is 13.2 Å². The minimum atomic E-state index is -0.440. The van der Waals surface area contributed by atoms with Crippen LogP contribution >= 0.6 is 0 Å². The lowest BCUT2D eigenvalue weighted by Gasteiger charge is -2.04. The van der Waals surface area contributed by atoms with Gasteiger partial charge in [0.2, 0.25) is 0 Å². The van der Waals surface area contributed by atoms with Gasteiger partial charge < -0.3 is 15.2 Å². The number of aromatic amines is 1. The molecule has 1 fully saturated rings. The van der Waals surface area contributed by atoms with Crippen molar-refractivity contribution in [1.29, 1.82) is 0 Å². The van der Waals surface area contributed by atoms with Gasteiger partial charge in [-0.3, -0.25) is 0 Å². The van der Waals surface area contributed by atoms with E-state index in [1.54, 1.807) is 6.20 Å². The summed E-state index contributed by atoms with van der Waals surface area (Å²) >= 11 is 0. The Hall–Kier alpha value is -1.79. The van der Waals surface area contributed by atoms with Crippen molar-refractivity contribution >= 4 is 17.2 Å². The minimum absolute atomic E-state index is 0.0324. The van der Waals surface area contributed by atoms with E-state index in [2.05, 4.69) is 19.9 Å². The molecule has 17 heavy (non-hydrogen) atoms. The summed E-state index contributed by atoms with van der Waals surface area (Å²) in [7, 11) is 0. The lowest BCUT2D eigenvalue weighted by molar-refractivity contribution is 0.143. The molecule has 0 aromatic carbocycles. The molecule has 0 atom stereocenters. The van der Waals surface area contributed by atoms with Crippen molar-refractivity contribution in [3.63, 3.8) is 0 Å². The molecular formula is C11H12N4O2. The Labute approximate surface area is 97.1 Å². The standard InChI is InChI=1S/C11H12N4O2/c16-4-11(5-17)2-7(11)1-9-14-8-3-12-6-13-10(8)15-9/h1,3,6,16-17H,2,4-5H2,(H,12,13,14,15)/b7-1+. The Morgan fingerprint density at radius 2 is 2.24 bits per heavy atom. The monoisotopic (exact) mass is 232 g/mol. The van der Waals surface area contributed by atoms with Gasteiger partial charge in [0.25, 0.3) is 0 Å². The van der Waals surface area contributed by atoms with E-state index in [9.17, 15) is 10.2 Å². The highest BCUT2D eigenvalue weighted by Crippen LogP contribution is 2.51. The van der Waals surface area contributed by atoms with Crippen LogP contribution in [0.1, 0.15) is 12.2 Å². The Kier molecular flexibility index (Phi) is 2.20. The predicted octanol–water partition coefficient (Wildman–Crippen LogP) is 0.111. The molecule has 0 aliphatic heterocycles. The van der Waals surface area contributed by atoms with Crippen LogP contribution in [-0.4, -0.2) is 43.4 Å². The molecule has 0 saturated heterocycles. The van der Waals surface area contributed by atoms with Crippen LogP contribution in [0.4, 0.5) is 0 Å². The van der Waals surface area contributed by atoms with Crippen LogP contribution in [0.25, 0.3) is 17.2 Å². The van der Waals surface area contributed by atoms with Crippen LogP contribution in [0.5, 0.6) is 0 Å². The first kappa shape index (κ1) is 10.4. The van der Waals surface area contributed by atoms with Gasteiger partial charge in [-0.2, -0.15) is 0 Å². The van der Waals surface area contributed by atoms with E-state index in [4.69, 9.17) is 0 Å². The molecule has 1 aliphatic carbocycles. The highest BCUT2D eigenvalue weighted by Gasteiger charge is 2.47. The Morgan fingerprint density at radius 3 is 2.88 bits per heavy atom. The lowest BCUT2D eigenvalue weighted by Crippen LogP contribution is -2.11. The van der Waals surface area contributed by atoms with Gasteiger partial charge in [0, 0.05) is 5.41 Å². The summed E-state index contributed by atoms with van der Waals surface area (Å²) in [6, 6.07) is 0. The SMILES string of the molecule is OCC1(CO)C/C1=C\c1nc2ncncc2[nH]1. The maximum atomic E-state index is 9.19. The lowest BCUT2D eigenvalue weighted by atomic mass is 10.1. The van der Waals surface area contributed by atoms with Gasteiger partial charge in [-0.05, 0) is 12.5 Å². The fourth-order valence-corrected chi connectivity index (χ4v) is 1.90. The Balaban J connectivity index is 1.94. The quantitative estimate of drug-likeness (QED) is 0.698. The average molecular weight is 232 g/mol. The predicted molar refractivity (Wildman–Crippen MR) is 60.9 cm³/mol. The molecule has 88 valence electrons. The molecule has 0 radical (unpaired) electrons. The highest BCUT2D eigenvalue weighted by atomic mass is 16.3. The molecule has 0 amide bonds. The van der Waals surface area contributed by atoms with Crippen molar-refractivity contribution < 1.29 is 10.2 Å². The summed E-state index contributed by atoms with van der Waals surface area (Å²) < 4.78 is 0. The molecular weight excluding hydrogens is 220 g/mol. The second-order valence-electron chi connectivity index (χ2n) is 4.32. The third kappa shape index (κ3) is 1.62. The van der Waals surface area contributed by atoms with Gasteiger partial charge in [-0.15, -0.1) is 0 Å². The van der Waals surface area contributed by atoms with E-state index >= 15 is 0 Å². The molecule has 1 saturated carbocycles. The number of rotatable bonds is 3. The molecule has 2 heterocycles. The topological polar surface area (TPSA) is 94.9 Å². The molecule has 1 aliphatic rings. The number of fused-ring (bicyclic) bond motifs is 1. The van der Waals surface area contributed by atoms with Gasteiger partial charge in [0.05, 0.1) is 19.4 Å². The molecule has 6 heteroatoms. The van der Waals surface area contributed by atoms with Crippen molar-refractivity contribution in [2.45, 2.75) is 6.42 Å². The molecule has 6 nitrogen and oxygen atoms in total. The number of nitrogens with one attached hydrogen (secondary N) is 1. The largest absolute Gasteiger partial charge is 0.395 e. The molecule has 0 unspecified atom stereocenters. The summed E-state index contributed by atoms with van der Waals surface area (Å²) in [5.74, 6) is 0.680. The van der Waals surface area contributed by atoms with Gasteiger partial charge in [0.1, 0.15) is 17.7 Å². The summed E-state index contributed by atoms with van der Waals surface area (Å²) in [5, 5.41) is 18.4. The zero-order chi connectivity index (χ0) is 11.9. The third-order valence-corrected chi connectivity index (χ3v) is 3.18. The maximum absolute atomic E-state index is 9.19. The van der Waals surface area contributed by atoms with Crippen LogP contribution in [0.3, 0.4) is 0 Å². The highest BCUT2D eigenvalue weighted by molar-refractivity contribution is 5.72. The number of hydrogen-bond acceptors (Lipinski definition) is 5. The number of aliphatic hydroxyl groups excluding tert-OH is 2. The van der Waals surface area contributed by atoms with Crippen LogP contribution in [0, 0.1) is 5.41 Å². The van der Waals surface area contributed by atoms with Gasteiger partial charge >= 0.3 is 0 Å². The number of nitrogens with zero attached hydrogens (tertiary/aromatic N) is 3. The molecule has 3 N–H and O–H groups in total. The van der Waals surface area contributed by atoms with Gasteiger partial charge in [-0.1, -0.05) is 5.57 Å². The van der Waals surface area contributed by atoms with E-state index in [1.165, 1.54) is 6.33 Å². The van der Waals surface area contributed by atoms with Crippen molar-refractivity contribution in [3.05, 3.63) is 23.9 Å². The first-order valence-corrected chi connectivity index (χ1v) is 5.36. The van der Waals surface area contributed by atoms with E-state index in [1.807, 2.05) is 6.08 Å². The second-order valence-corrected chi connectivity index (χ2v) is 4.32. The van der Waals surface area contributed by atoms with Crippen LogP contribution in [-0.2, 0) is 0 Å². The molecule has 2 aromatic heterocycles. The van der Waals surface area contributed by atoms with Crippen LogP contribution < -0.4 is 0 Å². The molecule has 3 rings (SSSR count). The fraction of sp³-hybridized carbons (Fsp3) is 0.364.